The third kappa shape index (κ3) is 3.02. The summed E-state index contributed by atoms with van der Waals surface area (Å²) in [6, 6.07) is 3.18. The van der Waals surface area contributed by atoms with Gasteiger partial charge in [0, 0.05) is 23.5 Å². The molecule has 4 rings (SSSR count). The predicted molar refractivity (Wildman–Crippen MR) is 86.6 cm³/mol. The smallest absolute Gasteiger partial charge is 0.290 e. The molecule has 0 spiro atoms. The predicted octanol–water partition coefficient (Wildman–Crippen LogP) is 2.49. The van der Waals surface area contributed by atoms with Crippen LogP contribution in [0.2, 0.25) is 0 Å². The summed E-state index contributed by atoms with van der Waals surface area (Å²) in [4.78, 5) is 20.8. The fourth-order valence-corrected chi connectivity index (χ4v) is 2.92. The Morgan fingerprint density at radius 3 is 2.96 bits per heavy atom. The number of aryl methyl sites for hydroxylation is 1. The van der Waals surface area contributed by atoms with E-state index in [0.29, 0.717) is 11.7 Å². The van der Waals surface area contributed by atoms with Crippen LogP contribution in [0.5, 0.6) is 0 Å². The van der Waals surface area contributed by atoms with E-state index >= 15 is 0 Å². The zero-order valence-electron chi connectivity index (χ0n) is 13.7. The lowest BCUT2D eigenvalue weighted by molar-refractivity contribution is 0.0894. The number of rotatable bonds is 4. The third-order valence-electron chi connectivity index (χ3n) is 4.25. The summed E-state index contributed by atoms with van der Waals surface area (Å²) in [5.74, 6) is 0.722. The van der Waals surface area contributed by atoms with Crippen LogP contribution in [0.25, 0.3) is 11.4 Å². The quantitative estimate of drug-likeness (QED) is 0.778. The first-order valence-corrected chi connectivity index (χ1v) is 8.24. The molecule has 128 valence electrons. The first kappa shape index (κ1) is 15.5. The van der Waals surface area contributed by atoms with Crippen molar-refractivity contribution in [3.63, 3.8) is 0 Å². The van der Waals surface area contributed by atoms with Gasteiger partial charge in [0.25, 0.3) is 5.91 Å². The molecule has 1 amide bonds. The topological polar surface area (TPSA) is 107 Å². The lowest BCUT2D eigenvalue weighted by atomic mass is 9.96. The van der Waals surface area contributed by atoms with Crippen molar-refractivity contribution in [1.29, 1.82) is 0 Å². The van der Waals surface area contributed by atoms with Crippen molar-refractivity contribution in [2.45, 2.75) is 38.6 Å². The van der Waals surface area contributed by atoms with Crippen molar-refractivity contribution in [3.8, 4) is 11.4 Å². The number of nitrogens with one attached hydrogen (secondary N) is 1. The number of hydrogen-bond acceptors (Lipinski definition) is 7. The number of nitrogens with zero attached hydrogens (tertiary/aromatic N) is 4. The van der Waals surface area contributed by atoms with Crippen molar-refractivity contribution in [2.75, 3.05) is 0 Å². The van der Waals surface area contributed by atoms with Gasteiger partial charge >= 0.3 is 0 Å². The maximum atomic E-state index is 12.5. The molecule has 0 aliphatic heterocycles. The molecule has 3 aromatic heterocycles. The molecule has 0 radical (unpaired) electrons. The molecule has 1 atom stereocenters. The molecular weight excluding hydrogens is 322 g/mol. The summed E-state index contributed by atoms with van der Waals surface area (Å²) >= 11 is 0. The highest BCUT2D eigenvalue weighted by Gasteiger charge is 2.26. The second-order valence-electron chi connectivity index (χ2n) is 6.04. The first-order valence-electron chi connectivity index (χ1n) is 8.24. The molecule has 1 unspecified atom stereocenters. The van der Waals surface area contributed by atoms with E-state index < -0.39 is 6.04 Å². The summed E-state index contributed by atoms with van der Waals surface area (Å²) in [7, 11) is 0. The van der Waals surface area contributed by atoms with Crippen molar-refractivity contribution in [3.05, 3.63) is 47.4 Å². The lowest BCUT2D eigenvalue weighted by Gasteiger charge is -2.11. The molecule has 8 nitrogen and oxygen atoms in total. The fraction of sp³-hybridized carbons (Fsp3) is 0.353. The van der Waals surface area contributed by atoms with Crippen LogP contribution in [0.1, 0.15) is 53.5 Å². The van der Waals surface area contributed by atoms with Gasteiger partial charge in [0.15, 0.2) is 0 Å². The Bertz CT molecular complexity index is 887. The van der Waals surface area contributed by atoms with E-state index in [1.54, 1.807) is 25.4 Å². The summed E-state index contributed by atoms with van der Waals surface area (Å²) in [5, 5.41) is 10.8. The molecule has 0 fully saturated rings. The Balaban J connectivity index is 1.49. The molecule has 3 aromatic rings. The van der Waals surface area contributed by atoms with E-state index in [9.17, 15) is 4.79 Å². The third-order valence-corrected chi connectivity index (χ3v) is 4.25. The van der Waals surface area contributed by atoms with Crippen LogP contribution >= 0.6 is 0 Å². The first-order chi connectivity index (χ1) is 12.2. The van der Waals surface area contributed by atoms with Crippen molar-refractivity contribution in [1.82, 2.24) is 25.6 Å². The lowest BCUT2D eigenvalue weighted by Crippen LogP contribution is -2.27. The second-order valence-corrected chi connectivity index (χ2v) is 6.04. The molecular formula is C17H17N5O3. The molecule has 0 saturated heterocycles. The number of hydrogen-bond donors (Lipinski definition) is 1. The van der Waals surface area contributed by atoms with Gasteiger partial charge in [-0.05, 0) is 44.7 Å². The number of fused-ring (bicyclic) bond motifs is 1. The molecule has 0 saturated carbocycles. The number of carbonyl (C=O) groups is 1. The Kier molecular flexibility index (Phi) is 4.01. The van der Waals surface area contributed by atoms with Crippen LogP contribution in [-0.4, -0.2) is 26.2 Å². The Hall–Kier alpha value is -3.03. The van der Waals surface area contributed by atoms with Gasteiger partial charge in [0.05, 0.1) is 5.69 Å². The monoisotopic (exact) mass is 339 g/mol. The molecule has 0 aromatic carbocycles. The molecule has 0 bridgehead atoms. The zero-order valence-corrected chi connectivity index (χ0v) is 13.7. The second kappa shape index (κ2) is 6.46. The van der Waals surface area contributed by atoms with Crippen LogP contribution in [0.3, 0.4) is 0 Å². The Labute approximate surface area is 143 Å². The Morgan fingerprint density at radius 1 is 1.24 bits per heavy atom. The average molecular weight is 339 g/mol. The summed E-state index contributed by atoms with van der Waals surface area (Å²) < 4.78 is 10.5. The van der Waals surface area contributed by atoms with E-state index in [1.165, 1.54) is 0 Å². The SMILES string of the molecule is CC(NC(=O)c1onc2c1CCCC2)c1nc(-c2cccnc2)no1. The average Bonchev–Trinajstić information content (AvgIpc) is 3.30. The molecule has 8 heteroatoms. The van der Waals surface area contributed by atoms with E-state index in [1.807, 2.05) is 6.07 Å². The number of carbonyl (C=O) groups excluding carboxylic acids is 1. The summed E-state index contributed by atoms with van der Waals surface area (Å²) in [5.41, 5.74) is 2.55. The minimum Gasteiger partial charge on any atom is -0.350 e. The van der Waals surface area contributed by atoms with Crippen molar-refractivity contribution >= 4 is 5.91 Å². The normalized spacial score (nSPS) is 14.8. The summed E-state index contributed by atoms with van der Waals surface area (Å²) in [6.07, 6.45) is 7.13. The highest BCUT2D eigenvalue weighted by molar-refractivity contribution is 5.93. The minimum absolute atomic E-state index is 0.286. The van der Waals surface area contributed by atoms with E-state index in [0.717, 1.165) is 42.5 Å². The van der Waals surface area contributed by atoms with Gasteiger partial charge in [-0.15, -0.1) is 0 Å². The van der Waals surface area contributed by atoms with Gasteiger partial charge in [0.2, 0.25) is 17.5 Å². The molecule has 1 N–H and O–H groups in total. The van der Waals surface area contributed by atoms with Gasteiger partial charge < -0.3 is 14.4 Å². The van der Waals surface area contributed by atoms with Crippen molar-refractivity contribution < 1.29 is 13.8 Å². The van der Waals surface area contributed by atoms with Gasteiger partial charge in [-0.3, -0.25) is 9.78 Å². The van der Waals surface area contributed by atoms with E-state index in [2.05, 4.69) is 25.6 Å². The van der Waals surface area contributed by atoms with Crippen LogP contribution in [-0.2, 0) is 12.8 Å². The fourth-order valence-electron chi connectivity index (χ4n) is 2.92. The van der Waals surface area contributed by atoms with Gasteiger partial charge in [-0.2, -0.15) is 4.98 Å². The largest absolute Gasteiger partial charge is 0.350 e. The standard InChI is InChI=1S/C17H17N5O3/c1-10(17-20-15(22-25-17)11-5-4-8-18-9-11)19-16(23)14-12-6-2-3-7-13(12)21-24-14/h4-5,8-10H,2-3,6-7H2,1H3,(H,19,23). The molecule has 1 aliphatic carbocycles. The van der Waals surface area contributed by atoms with Gasteiger partial charge in [0.1, 0.15) is 6.04 Å². The van der Waals surface area contributed by atoms with Gasteiger partial charge in [-0.25, -0.2) is 0 Å². The summed E-state index contributed by atoms with van der Waals surface area (Å²) in [6.45, 7) is 1.78. The van der Waals surface area contributed by atoms with Crippen LogP contribution in [0, 0.1) is 0 Å². The van der Waals surface area contributed by atoms with E-state index in [4.69, 9.17) is 9.05 Å². The Morgan fingerprint density at radius 2 is 2.12 bits per heavy atom. The number of amides is 1. The van der Waals surface area contributed by atoms with E-state index in [-0.39, 0.29) is 11.7 Å². The molecule has 1 aliphatic rings. The highest BCUT2D eigenvalue weighted by atomic mass is 16.5. The zero-order chi connectivity index (χ0) is 17.2. The van der Waals surface area contributed by atoms with Crippen molar-refractivity contribution in [2.24, 2.45) is 0 Å². The molecule has 25 heavy (non-hydrogen) atoms. The van der Waals surface area contributed by atoms with Crippen LogP contribution in [0.15, 0.2) is 33.6 Å². The van der Waals surface area contributed by atoms with Crippen LogP contribution < -0.4 is 5.32 Å². The van der Waals surface area contributed by atoms with Crippen LogP contribution in [0.4, 0.5) is 0 Å². The highest BCUT2D eigenvalue weighted by Crippen LogP contribution is 2.24. The number of aromatic nitrogens is 4. The maximum Gasteiger partial charge on any atom is 0.290 e. The minimum atomic E-state index is -0.449. The molecule has 3 heterocycles. The maximum absolute atomic E-state index is 12.5. The number of pyridine rings is 1. The van der Waals surface area contributed by atoms with Gasteiger partial charge in [-0.1, -0.05) is 10.3 Å².